The number of nitrogens with one attached hydrogen (secondary N) is 2. The first-order chi connectivity index (χ1) is 12.9. The third-order valence-electron chi connectivity index (χ3n) is 3.59. The van der Waals surface area contributed by atoms with Crippen LogP contribution in [0.1, 0.15) is 19.4 Å². The van der Waals surface area contributed by atoms with Gasteiger partial charge in [0.1, 0.15) is 11.5 Å². The van der Waals surface area contributed by atoms with Gasteiger partial charge in [0.15, 0.2) is 12.7 Å². The van der Waals surface area contributed by atoms with Crippen LogP contribution in [0, 0.1) is 0 Å². The average Bonchev–Trinajstić information content (AvgIpc) is 2.66. The summed E-state index contributed by atoms with van der Waals surface area (Å²) < 4.78 is 10.8. The van der Waals surface area contributed by atoms with Crippen molar-refractivity contribution in [2.24, 2.45) is 0 Å². The zero-order chi connectivity index (χ0) is 19.8. The van der Waals surface area contributed by atoms with Crippen molar-refractivity contribution in [3.63, 3.8) is 0 Å². The zero-order valence-electron chi connectivity index (χ0n) is 14.9. The number of halogens is 2. The van der Waals surface area contributed by atoms with Crippen LogP contribution in [-0.4, -0.2) is 24.5 Å². The average molecular weight is 411 g/mol. The molecule has 6 nitrogen and oxygen atoms in total. The normalized spacial score (nSPS) is 11.4. The molecule has 0 aromatic heterocycles. The van der Waals surface area contributed by atoms with E-state index in [1.54, 1.807) is 31.2 Å². The maximum absolute atomic E-state index is 12.0. The minimum Gasteiger partial charge on any atom is -0.482 e. The maximum Gasteiger partial charge on any atom is 0.279 e. The summed E-state index contributed by atoms with van der Waals surface area (Å²) in [6, 6.07) is 12.1. The van der Waals surface area contributed by atoms with Crippen LogP contribution >= 0.6 is 23.2 Å². The fourth-order valence-corrected chi connectivity index (χ4v) is 2.53. The van der Waals surface area contributed by atoms with Gasteiger partial charge < -0.3 is 9.47 Å². The first kappa shape index (κ1) is 20.9. The highest BCUT2D eigenvalue weighted by Crippen LogP contribution is 2.27. The van der Waals surface area contributed by atoms with Crippen molar-refractivity contribution in [3.8, 4) is 11.5 Å². The van der Waals surface area contributed by atoms with Crippen molar-refractivity contribution in [2.75, 3.05) is 6.61 Å². The summed E-state index contributed by atoms with van der Waals surface area (Å²) in [6.07, 6.45) is 0.135. The molecule has 2 rings (SSSR count). The number of amides is 2. The van der Waals surface area contributed by atoms with Gasteiger partial charge in [-0.15, -0.1) is 0 Å². The standard InChI is InChI=1S/C19H20Cl2N2O4/c1-3-13-4-7-15(8-5-13)27-12(2)19(25)23-22-18(24)11-26-17-9-6-14(20)10-16(17)21/h4-10,12H,3,11H2,1-2H3,(H,22,24)(H,23,25)/t12-/m1/s1. The molecule has 0 unspecified atom stereocenters. The van der Waals surface area contributed by atoms with Gasteiger partial charge in [-0.05, 0) is 49.2 Å². The Hall–Kier alpha value is -2.44. The second-order valence-electron chi connectivity index (χ2n) is 5.66. The molecule has 2 amide bonds. The SMILES string of the molecule is CCc1ccc(O[C@H](C)C(=O)NNC(=O)COc2ccc(Cl)cc2Cl)cc1. The van der Waals surface area contributed by atoms with E-state index < -0.39 is 17.9 Å². The molecule has 0 aliphatic carbocycles. The Morgan fingerprint density at radius 3 is 2.41 bits per heavy atom. The van der Waals surface area contributed by atoms with Crippen molar-refractivity contribution in [1.82, 2.24) is 10.9 Å². The molecule has 0 saturated heterocycles. The monoisotopic (exact) mass is 410 g/mol. The fourth-order valence-electron chi connectivity index (χ4n) is 2.07. The first-order valence-corrected chi connectivity index (χ1v) is 9.06. The minimum absolute atomic E-state index is 0.287. The molecule has 0 aliphatic rings. The summed E-state index contributed by atoms with van der Waals surface area (Å²) in [5.41, 5.74) is 5.72. The number of carbonyl (C=O) groups excluding carboxylic acids is 2. The van der Waals surface area contributed by atoms with Crippen molar-refractivity contribution in [2.45, 2.75) is 26.4 Å². The summed E-state index contributed by atoms with van der Waals surface area (Å²) in [6.45, 7) is 3.31. The Morgan fingerprint density at radius 1 is 1.07 bits per heavy atom. The lowest BCUT2D eigenvalue weighted by atomic mass is 10.2. The van der Waals surface area contributed by atoms with Gasteiger partial charge in [-0.25, -0.2) is 0 Å². The van der Waals surface area contributed by atoms with Gasteiger partial charge in [-0.1, -0.05) is 42.3 Å². The molecule has 0 radical (unpaired) electrons. The predicted molar refractivity (Wildman–Crippen MR) is 104 cm³/mol. The van der Waals surface area contributed by atoms with E-state index in [-0.39, 0.29) is 11.6 Å². The highest BCUT2D eigenvalue weighted by Gasteiger charge is 2.15. The highest BCUT2D eigenvalue weighted by molar-refractivity contribution is 6.35. The van der Waals surface area contributed by atoms with Crippen LogP contribution in [0.25, 0.3) is 0 Å². The number of carbonyl (C=O) groups is 2. The quantitative estimate of drug-likeness (QED) is 0.684. The van der Waals surface area contributed by atoms with E-state index >= 15 is 0 Å². The molecular formula is C19H20Cl2N2O4. The number of hydrogen-bond acceptors (Lipinski definition) is 4. The molecular weight excluding hydrogens is 391 g/mol. The first-order valence-electron chi connectivity index (χ1n) is 8.31. The fraction of sp³-hybridized carbons (Fsp3) is 0.263. The molecule has 144 valence electrons. The van der Waals surface area contributed by atoms with Gasteiger partial charge in [0.2, 0.25) is 0 Å². The van der Waals surface area contributed by atoms with E-state index in [0.717, 1.165) is 6.42 Å². The summed E-state index contributed by atoms with van der Waals surface area (Å²) in [4.78, 5) is 23.8. The Labute approximate surface area is 167 Å². The Bertz CT molecular complexity index is 797. The van der Waals surface area contributed by atoms with E-state index in [9.17, 15) is 9.59 Å². The lowest BCUT2D eigenvalue weighted by Gasteiger charge is -2.15. The van der Waals surface area contributed by atoms with E-state index in [1.807, 2.05) is 12.1 Å². The van der Waals surface area contributed by atoms with Gasteiger partial charge in [0.25, 0.3) is 11.8 Å². The van der Waals surface area contributed by atoms with Gasteiger partial charge in [0, 0.05) is 5.02 Å². The number of aryl methyl sites for hydroxylation is 1. The Balaban J connectivity index is 1.75. The molecule has 0 fully saturated rings. The molecule has 0 aliphatic heterocycles. The largest absolute Gasteiger partial charge is 0.482 e. The van der Waals surface area contributed by atoms with Crippen LogP contribution < -0.4 is 20.3 Å². The number of hydrogen-bond donors (Lipinski definition) is 2. The number of benzene rings is 2. The van der Waals surface area contributed by atoms with Crippen molar-refractivity contribution < 1.29 is 19.1 Å². The minimum atomic E-state index is -0.788. The molecule has 0 saturated carbocycles. The van der Waals surface area contributed by atoms with Crippen LogP contribution in [0.15, 0.2) is 42.5 Å². The van der Waals surface area contributed by atoms with Crippen molar-refractivity contribution >= 4 is 35.0 Å². The smallest absolute Gasteiger partial charge is 0.279 e. The van der Waals surface area contributed by atoms with Crippen LogP contribution in [0.5, 0.6) is 11.5 Å². The van der Waals surface area contributed by atoms with Gasteiger partial charge in [-0.2, -0.15) is 0 Å². The van der Waals surface area contributed by atoms with Gasteiger partial charge in [0.05, 0.1) is 5.02 Å². The molecule has 1 atom stereocenters. The Kier molecular flexibility index (Phi) is 7.76. The maximum atomic E-state index is 12.0. The topological polar surface area (TPSA) is 76.7 Å². The summed E-state index contributed by atoms with van der Waals surface area (Å²) >= 11 is 11.7. The third kappa shape index (κ3) is 6.66. The molecule has 27 heavy (non-hydrogen) atoms. The van der Waals surface area contributed by atoms with Gasteiger partial charge >= 0.3 is 0 Å². The third-order valence-corrected chi connectivity index (χ3v) is 4.12. The Morgan fingerprint density at radius 2 is 1.78 bits per heavy atom. The molecule has 2 aromatic rings. The van der Waals surface area contributed by atoms with Crippen LogP contribution in [-0.2, 0) is 16.0 Å². The number of hydrazine groups is 1. The second kappa shape index (κ2) is 10.0. The molecule has 2 aromatic carbocycles. The zero-order valence-corrected chi connectivity index (χ0v) is 16.4. The lowest BCUT2D eigenvalue weighted by Crippen LogP contribution is -2.48. The lowest BCUT2D eigenvalue weighted by molar-refractivity contribution is -0.133. The van der Waals surface area contributed by atoms with Gasteiger partial charge in [-0.3, -0.25) is 20.4 Å². The summed E-state index contributed by atoms with van der Waals surface area (Å²) in [7, 11) is 0. The van der Waals surface area contributed by atoms with E-state index in [1.165, 1.54) is 11.6 Å². The van der Waals surface area contributed by atoms with E-state index in [4.69, 9.17) is 32.7 Å². The van der Waals surface area contributed by atoms with Crippen LogP contribution in [0.3, 0.4) is 0 Å². The van der Waals surface area contributed by atoms with E-state index in [2.05, 4.69) is 17.8 Å². The molecule has 0 bridgehead atoms. The predicted octanol–water partition coefficient (Wildman–Crippen LogP) is 3.55. The molecule has 8 heteroatoms. The van der Waals surface area contributed by atoms with Crippen molar-refractivity contribution in [1.29, 1.82) is 0 Å². The molecule has 0 spiro atoms. The highest BCUT2D eigenvalue weighted by atomic mass is 35.5. The van der Waals surface area contributed by atoms with Crippen molar-refractivity contribution in [3.05, 3.63) is 58.1 Å². The number of ether oxygens (including phenoxy) is 2. The number of rotatable bonds is 7. The molecule has 2 N–H and O–H groups in total. The molecule has 0 heterocycles. The van der Waals surface area contributed by atoms with E-state index in [0.29, 0.717) is 16.5 Å². The summed E-state index contributed by atoms with van der Waals surface area (Å²) in [5, 5.41) is 0.748. The van der Waals surface area contributed by atoms with Crippen LogP contribution in [0.4, 0.5) is 0 Å². The summed E-state index contributed by atoms with van der Waals surface area (Å²) in [5.74, 6) is -0.155. The second-order valence-corrected chi connectivity index (χ2v) is 6.50. The van der Waals surface area contributed by atoms with Crippen LogP contribution in [0.2, 0.25) is 10.0 Å².